The van der Waals surface area contributed by atoms with Gasteiger partial charge in [0.2, 0.25) is 0 Å². The van der Waals surface area contributed by atoms with Crippen molar-refractivity contribution in [1.82, 2.24) is 0 Å². The minimum atomic E-state index is -0.681. The van der Waals surface area contributed by atoms with Crippen molar-refractivity contribution in [3.05, 3.63) is 0 Å². The molecule has 1 aliphatic carbocycles. The summed E-state index contributed by atoms with van der Waals surface area (Å²) < 4.78 is 18.8. The van der Waals surface area contributed by atoms with Gasteiger partial charge in [-0.05, 0) is 12.8 Å². The molecular weight excluding hydrogens is 179 g/mol. The van der Waals surface area contributed by atoms with Gasteiger partial charge in [-0.3, -0.25) is 0 Å². The predicted octanol–water partition coefficient (Wildman–Crippen LogP) is 3.62. The molecule has 14 heavy (non-hydrogen) atoms. The second-order valence-corrected chi connectivity index (χ2v) is 4.71. The lowest BCUT2D eigenvalue weighted by Crippen LogP contribution is -2.12. The van der Waals surface area contributed by atoms with Crippen molar-refractivity contribution in [2.24, 2.45) is 0 Å². The van der Waals surface area contributed by atoms with Crippen LogP contribution in [0.5, 0.6) is 0 Å². The molecule has 0 aromatic heterocycles. The highest BCUT2D eigenvalue weighted by atomic mass is 19.1. The van der Waals surface area contributed by atoms with Crippen molar-refractivity contribution < 1.29 is 9.13 Å². The molecule has 1 unspecified atom stereocenters. The van der Waals surface area contributed by atoms with Crippen molar-refractivity contribution in [3.63, 3.8) is 0 Å². The molecule has 0 N–H and O–H groups in total. The lowest BCUT2D eigenvalue weighted by molar-refractivity contribution is 0.229. The Hall–Kier alpha value is -0.110. The van der Waals surface area contributed by atoms with Crippen LogP contribution in [0.1, 0.15) is 57.8 Å². The Kier molecular flexibility index (Phi) is 3.80. The van der Waals surface area contributed by atoms with Gasteiger partial charge in [0.15, 0.2) is 0 Å². The summed E-state index contributed by atoms with van der Waals surface area (Å²) in [7, 11) is 0. The molecule has 2 fully saturated rings. The molecule has 0 bridgehead atoms. The Bertz CT molecular complexity index is 172. The van der Waals surface area contributed by atoms with Gasteiger partial charge in [0, 0.05) is 0 Å². The van der Waals surface area contributed by atoms with E-state index in [0.29, 0.717) is 0 Å². The van der Waals surface area contributed by atoms with Crippen LogP contribution in [0.2, 0.25) is 0 Å². The van der Waals surface area contributed by atoms with Gasteiger partial charge in [-0.2, -0.15) is 0 Å². The second kappa shape index (κ2) is 5.11. The highest BCUT2D eigenvalue weighted by Gasteiger charge is 2.44. The summed E-state index contributed by atoms with van der Waals surface area (Å²) in [6.07, 6.45) is 10.2. The maximum absolute atomic E-state index is 13.5. The third-order valence-electron chi connectivity index (χ3n) is 3.45. The number of hydrogen-bond acceptors (Lipinski definition) is 1. The fourth-order valence-electron chi connectivity index (χ4n) is 2.44. The highest BCUT2D eigenvalue weighted by Crippen LogP contribution is 2.34. The van der Waals surface area contributed by atoms with Gasteiger partial charge >= 0.3 is 0 Å². The molecule has 1 aliphatic heterocycles. The standard InChI is InChI=1S/C12H21FO/c13-10-8-6-4-2-1-3-5-7-9-11-12(10)14-11/h10-12H,1-9H2/t10?,11-,12-/m1/s1. The minimum Gasteiger partial charge on any atom is -0.366 e. The summed E-state index contributed by atoms with van der Waals surface area (Å²) in [4.78, 5) is 0. The van der Waals surface area contributed by atoms with Crippen LogP contribution < -0.4 is 0 Å². The quantitative estimate of drug-likeness (QED) is 0.544. The van der Waals surface area contributed by atoms with Gasteiger partial charge < -0.3 is 4.74 Å². The highest BCUT2D eigenvalue weighted by molar-refractivity contribution is 4.90. The lowest BCUT2D eigenvalue weighted by Gasteiger charge is -2.07. The summed E-state index contributed by atoms with van der Waals surface area (Å²) in [5.41, 5.74) is 0. The van der Waals surface area contributed by atoms with Gasteiger partial charge in [0.25, 0.3) is 0 Å². The molecule has 0 aromatic carbocycles. The van der Waals surface area contributed by atoms with Gasteiger partial charge in [0.05, 0.1) is 6.10 Å². The topological polar surface area (TPSA) is 12.5 Å². The summed E-state index contributed by atoms with van der Waals surface area (Å²) in [6.45, 7) is 0. The first-order valence-electron chi connectivity index (χ1n) is 6.17. The van der Waals surface area contributed by atoms with E-state index in [0.717, 1.165) is 19.3 Å². The number of rotatable bonds is 0. The van der Waals surface area contributed by atoms with E-state index in [4.69, 9.17) is 4.74 Å². The molecule has 2 rings (SSSR count). The van der Waals surface area contributed by atoms with E-state index in [2.05, 4.69) is 0 Å². The van der Waals surface area contributed by atoms with E-state index in [-0.39, 0.29) is 12.2 Å². The summed E-state index contributed by atoms with van der Waals surface area (Å²) in [5, 5.41) is 0. The fraction of sp³-hybridized carbons (Fsp3) is 1.00. The zero-order chi connectivity index (χ0) is 9.80. The van der Waals surface area contributed by atoms with E-state index in [1.165, 1.54) is 38.5 Å². The zero-order valence-corrected chi connectivity index (χ0v) is 8.88. The van der Waals surface area contributed by atoms with Crippen molar-refractivity contribution in [2.75, 3.05) is 0 Å². The fourth-order valence-corrected chi connectivity index (χ4v) is 2.44. The van der Waals surface area contributed by atoms with Crippen LogP contribution in [0.15, 0.2) is 0 Å². The molecule has 0 spiro atoms. The number of fused-ring (bicyclic) bond motifs is 1. The minimum absolute atomic E-state index is 0.0329. The van der Waals surface area contributed by atoms with Crippen molar-refractivity contribution >= 4 is 0 Å². The molecule has 2 heteroatoms. The Morgan fingerprint density at radius 3 is 2.07 bits per heavy atom. The molecule has 0 radical (unpaired) electrons. The molecule has 1 heterocycles. The SMILES string of the molecule is FC1CCCCCCCCC[C@H]2O[C@H]12. The van der Waals surface area contributed by atoms with E-state index < -0.39 is 6.17 Å². The third-order valence-corrected chi connectivity index (χ3v) is 3.45. The molecule has 82 valence electrons. The zero-order valence-electron chi connectivity index (χ0n) is 8.88. The predicted molar refractivity (Wildman–Crippen MR) is 55.1 cm³/mol. The van der Waals surface area contributed by atoms with E-state index in [1.807, 2.05) is 0 Å². The summed E-state index contributed by atoms with van der Waals surface area (Å²) in [6, 6.07) is 0. The normalized spacial score (nSPS) is 40.5. The van der Waals surface area contributed by atoms with Crippen LogP contribution in [0.4, 0.5) is 4.39 Å². The van der Waals surface area contributed by atoms with Gasteiger partial charge in [-0.15, -0.1) is 0 Å². The molecule has 0 amide bonds. The molecule has 1 saturated heterocycles. The van der Waals surface area contributed by atoms with Crippen molar-refractivity contribution in [3.8, 4) is 0 Å². The average molecular weight is 200 g/mol. The molecule has 1 nitrogen and oxygen atoms in total. The summed E-state index contributed by atoms with van der Waals surface area (Å²) in [5.74, 6) is 0. The number of halogens is 1. The van der Waals surface area contributed by atoms with E-state index >= 15 is 0 Å². The Balaban J connectivity index is 1.74. The van der Waals surface area contributed by atoms with Crippen LogP contribution in [0.25, 0.3) is 0 Å². The lowest BCUT2D eigenvalue weighted by atomic mass is 10.0. The summed E-state index contributed by atoms with van der Waals surface area (Å²) >= 11 is 0. The molecule has 2 aliphatic rings. The Morgan fingerprint density at radius 1 is 0.786 bits per heavy atom. The van der Waals surface area contributed by atoms with Crippen LogP contribution in [0, 0.1) is 0 Å². The maximum Gasteiger partial charge on any atom is 0.129 e. The third kappa shape index (κ3) is 2.94. The largest absolute Gasteiger partial charge is 0.366 e. The van der Waals surface area contributed by atoms with E-state index in [1.54, 1.807) is 0 Å². The Labute approximate surface area is 86.0 Å². The second-order valence-electron chi connectivity index (χ2n) is 4.71. The maximum atomic E-state index is 13.5. The van der Waals surface area contributed by atoms with E-state index in [9.17, 15) is 4.39 Å². The molecule has 1 saturated carbocycles. The number of ether oxygens (including phenoxy) is 1. The van der Waals surface area contributed by atoms with Crippen LogP contribution in [0.3, 0.4) is 0 Å². The number of epoxide rings is 1. The van der Waals surface area contributed by atoms with Crippen LogP contribution in [-0.4, -0.2) is 18.4 Å². The van der Waals surface area contributed by atoms with Gasteiger partial charge in [0.1, 0.15) is 12.3 Å². The smallest absolute Gasteiger partial charge is 0.129 e. The van der Waals surface area contributed by atoms with Crippen molar-refractivity contribution in [2.45, 2.75) is 76.2 Å². The monoisotopic (exact) mass is 200 g/mol. The van der Waals surface area contributed by atoms with Crippen molar-refractivity contribution in [1.29, 1.82) is 0 Å². The molecule has 0 aromatic rings. The number of hydrogen-bond donors (Lipinski definition) is 0. The van der Waals surface area contributed by atoms with Crippen LogP contribution >= 0.6 is 0 Å². The van der Waals surface area contributed by atoms with Gasteiger partial charge in [-0.1, -0.05) is 44.9 Å². The van der Waals surface area contributed by atoms with Crippen LogP contribution in [-0.2, 0) is 4.74 Å². The van der Waals surface area contributed by atoms with Gasteiger partial charge in [-0.25, -0.2) is 4.39 Å². The molecule has 3 atom stereocenters. The average Bonchev–Trinajstić information content (AvgIpc) is 2.92. The first kappa shape index (κ1) is 10.4. The molecular formula is C12H21FO. The number of alkyl halides is 1. The first-order chi connectivity index (χ1) is 6.88. The first-order valence-corrected chi connectivity index (χ1v) is 6.17. The Morgan fingerprint density at radius 2 is 1.36 bits per heavy atom.